The van der Waals surface area contributed by atoms with Crippen LogP contribution in [0.15, 0.2) is 42.5 Å². The molecule has 0 aliphatic carbocycles. The Morgan fingerprint density at radius 3 is 2.58 bits per heavy atom. The minimum absolute atomic E-state index is 0.435. The highest BCUT2D eigenvalue weighted by Crippen LogP contribution is 2.33. The van der Waals surface area contributed by atoms with Gasteiger partial charge in [-0.1, -0.05) is 30.3 Å². The second kappa shape index (κ2) is 5.87. The predicted octanol–water partition coefficient (Wildman–Crippen LogP) is 4.10. The zero-order valence-electron chi connectivity index (χ0n) is 11.1. The Bertz CT molecular complexity index is 603. The third-order valence-electron chi connectivity index (χ3n) is 2.96. The topological polar surface area (TPSA) is 49.4 Å². The van der Waals surface area contributed by atoms with Crippen LogP contribution in [0, 0.1) is 12.3 Å². The van der Waals surface area contributed by atoms with Gasteiger partial charge in [-0.25, -0.2) is 0 Å². The number of rotatable bonds is 4. The van der Waals surface area contributed by atoms with Gasteiger partial charge in [0.2, 0.25) is 11.1 Å². The van der Waals surface area contributed by atoms with Gasteiger partial charge in [-0.05, 0) is 18.1 Å². The molecule has 19 heavy (non-hydrogen) atoms. The fourth-order valence-electron chi connectivity index (χ4n) is 1.90. The lowest BCUT2D eigenvalue weighted by atomic mass is 10.1. The second-order valence-electron chi connectivity index (χ2n) is 4.28. The molecule has 0 atom stereocenters. The third kappa shape index (κ3) is 3.02. The summed E-state index contributed by atoms with van der Waals surface area (Å²) < 4.78 is 5.19. The molecule has 0 saturated heterocycles. The van der Waals surface area contributed by atoms with Gasteiger partial charge < -0.3 is 10.1 Å². The van der Waals surface area contributed by atoms with Gasteiger partial charge in [0.25, 0.3) is 0 Å². The summed E-state index contributed by atoms with van der Waals surface area (Å²) in [6, 6.07) is 13.8. The molecular formula is C15H16N3O+. The number of hydrogen-bond donors (Lipinski definition) is 1. The summed E-state index contributed by atoms with van der Waals surface area (Å²) in [6.07, 6.45) is 0. The van der Waals surface area contributed by atoms with Crippen molar-refractivity contribution in [3.8, 4) is 5.75 Å². The van der Waals surface area contributed by atoms with E-state index in [2.05, 4.69) is 22.4 Å². The highest BCUT2D eigenvalue weighted by Gasteiger charge is 2.17. The first kappa shape index (κ1) is 12.9. The molecule has 0 amide bonds. The third-order valence-corrected chi connectivity index (χ3v) is 2.96. The molecule has 0 heterocycles. The maximum atomic E-state index is 8.90. The van der Waals surface area contributed by atoms with Gasteiger partial charge in [0.1, 0.15) is 0 Å². The molecule has 0 spiro atoms. The summed E-state index contributed by atoms with van der Waals surface area (Å²) in [7, 11) is 1.56. The largest absolute Gasteiger partial charge is 0.489 e. The standard InChI is InChI=1S/C15H16N3O/c1-11-8-14(18-16)15(19-2)9-13(11)17-10-12-6-4-3-5-7-12/h3-9,17H,10H2,1-2H3/q+1. The summed E-state index contributed by atoms with van der Waals surface area (Å²) in [5.74, 6) is 0.545. The smallest absolute Gasteiger partial charge is 0.426 e. The number of aryl methyl sites for hydroxylation is 1. The van der Waals surface area contributed by atoms with Crippen LogP contribution in [0.2, 0.25) is 0 Å². The van der Waals surface area contributed by atoms with E-state index in [1.807, 2.05) is 31.2 Å². The van der Waals surface area contributed by atoms with Gasteiger partial charge in [-0.15, -0.1) is 0 Å². The average Bonchev–Trinajstić information content (AvgIpc) is 2.46. The van der Waals surface area contributed by atoms with Crippen molar-refractivity contribution < 1.29 is 4.74 Å². The van der Waals surface area contributed by atoms with E-state index < -0.39 is 0 Å². The molecule has 0 saturated carbocycles. The van der Waals surface area contributed by atoms with E-state index in [0.29, 0.717) is 11.4 Å². The maximum absolute atomic E-state index is 8.90. The lowest BCUT2D eigenvalue weighted by Gasteiger charge is -2.10. The zero-order chi connectivity index (χ0) is 13.7. The van der Waals surface area contributed by atoms with Gasteiger partial charge in [0.05, 0.1) is 7.11 Å². The monoisotopic (exact) mass is 254 g/mol. The number of diazo groups is 1. The van der Waals surface area contributed by atoms with E-state index in [0.717, 1.165) is 17.8 Å². The van der Waals surface area contributed by atoms with Crippen molar-refractivity contribution in [1.82, 2.24) is 0 Å². The molecule has 1 N–H and O–H groups in total. The van der Waals surface area contributed by atoms with Gasteiger partial charge in [0.15, 0.2) is 4.98 Å². The molecule has 96 valence electrons. The molecule has 2 aromatic carbocycles. The first-order valence-corrected chi connectivity index (χ1v) is 6.06. The first-order valence-electron chi connectivity index (χ1n) is 6.06. The normalized spacial score (nSPS) is 9.74. The zero-order valence-corrected chi connectivity index (χ0v) is 11.1. The van der Waals surface area contributed by atoms with Crippen LogP contribution in [0.25, 0.3) is 4.98 Å². The predicted molar refractivity (Wildman–Crippen MR) is 76.2 cm³/mol. The lowest BCUT2D eigenvalue weighted by molar-refractivity contribution is 0.417. The van der Waals surface area contributed by atoms with E-state index in [1.165, 1.54) is 5.56 Å². The molecular weight excluding hydrogens is 238 g/mol. The van der Waals surface area contributed by atoms with Crippen molar-refractivity contribution in [2.75, 3.05) is 12.4 Å². The Hall–Kier alpha value is -2.54. The summed E-state index contributed by atoms with van der Waals surface area (Å²) in [5.41, 5.74) is 3.61. The highest BCUT2D eigenvalue weighted by atomic mass is 16.5. The van der Waals surface area contributed by atoms with Crippen molar-refractivity contribution in [2.45, 2.75) is 13.5 Å². The van der Waals surface area contributed by atoms with Crippen LogP contribution in [-0.2, 0) is 6.54 Å². The van der Waals surface area contributed by atoms with Crippen LogP contribution < -0.4 is 10.1 Å². The lowest BCUT2D eigenvalue weighted by Crippen LogP contribution is -2.01. The number of ether oxygens (including phenoxy) is 1. The van der Waals surface area contributed by atoms with Gasteiger partial charge in [0, 0.05) is 24.4 Å². The number of methoxy groups -OCH3 is 1. The molecule has 0 radical (unpaired) electrons. The van der Waals surface area contributed by atoms with Crippen LogP contribution in [0.3, 0.4) is 0 Å². The Labute approximate surface area is 112 Å². The summed E-state index contributed by atoms with van der Waals surface area (Å²) in [6.45, 7) is 2.70. The minimum atomic E-state index is 0.435. The van der Waals surface area contributed by atoms with Crippen molar-refractivity contribution in [1.29, 1.82) is 5.39 Å². The van der Waals surface area contributed by atoms with E-state index in [4.69, 9.17) is 10.1 Å². The molecule has 2 aromatic rings. The van der Waals surface area contributed by atoms with Crippen molar-refractivity contribution >= 4 is 11.4 Å². The van der Waals surface area contributed by atoms with Crippen LogP contribution >= 0.6 is 0 Å². The Balaban J connectivity index is 2.19. The second-order valence-corrected chi connectivity index (χ2v) is 4.28. The molecule has 0 aliphatic heterocycles. The van der Waals surface area contributed by atoms with Crippen molar-refractivity contribution in [3.05, 3.63) is 58.6 Å². The van der Waals surface area contributed by atoms with E-state index >= 15 is 0 Å². The van der Waals surface area contributed by atoms with Crippen molar-refractivity contribution in [2.24, 2.45) is 0 Å². The van der Waals surface area contributed by atoms with E-state index in [9.17, 15) is 0 Å². The Morgan fingerprint density at radius 2 is 1.95 bits per heavy atom. The minimum Gasteiger partial charge on any atom is -0.489 e. The molecule has 0 fully saturated rings. The Kier molecular flexibility index (Phi) is 3.99. The Morgan fingerprint density at radius 1 is 1.21 bits per heavy atom. The van der Waals surface area contributed by atoms with Crippen LogP contribution in [0.4, 0.5) is 11.4 Å². The van der Waals surface area contributed by atoms with Gasteiger partial charge >= 0.3 is 5.69 Å². The average molecular weight is 254 g/mol. The summed E-state index contributed by atoms with van der Waals surface area (Å²) in [4.78, 5) is 3.21. The molecule has 0 unspecified atom stereocenters. The van der Waals surface area contributed by atoms with E-state index in [-0.39, 0.29) is 0 Å². The molecule has 4 heteroatoms. The van der Waals surface area contributed by atoms with Gasteiger partial charge in [-0.2, -0.15) is 0 Å². The number of anilines is 1. The number of hydrogen-bond acceptors (Lipinski definition) is 3. The maximum Gasteiger partial charge on any atom is 0.426 e. The SMILES string of the molecule is COc1cc(NCc2ccccc2)c(C)cc1[N+]#N. The number of benzene rings is 2. The summed E-state index contributed by atoms with van der Waals surface area (Å²) >= 11 is 0. The highest BCUT2D eigenvalue weighted by molar-refractivity contribution is 5.67. The first-order chi connectivity index (χ1) is 9.24. The molecule has 2 rings (SSSR count). The number of nitrogens with zero attached hydrogens (tertiary/aromatic N) is 2. The fourth-order valence-corrected chi connectivity index (χ4v) is 1.90. The van der Waals surface area contributed by atoms with Crippen molar-refractivity contribution in [3.63, 3.8) is 0 Å². The van der Waals surface area contributed by atoms with Crippen LogP contribution in [-0.4, -0.2) is 7.11 Å². The number of nitrogens with one attached hydrogen (secondary N) is 1. The van der Waals surface area contributed by atoms with Crippen LogP contribution in [0.5, 0.6) is 5.75 Å². The van der Waals surface area contributed by atoms with Gasteiger partial charge in [-0.3, -0.25) is 0 Å². The quantitative estimate of drug-likeness (QED) is 0.835. The molecule has 4 nitrogen and oxygen atoms in total. The van der Waals surface area contributed by atoms with Crippen LogP contribution in [0.1, 0.15) is 11.1 Å². The fraction of sp³-hybridized carbons (Fsp3) is 0.200. The molecule has 0 aromatic heterocycles. The van der Waals surface area contributed by atoms with E-state index in [1.54, 1.807) is 13.2 Å². The molecule has 0 bridgehead atoms. The summed E-state index contributed by atoms with van der Waals surface area (Å²) in [5, 5.41) is 12.2. The molecule has 0 aliphatic rings.